The number of carbonyl (C=O) groups is 2. The van der Waals surface area contributed by atoms with Gasteiger partial charge < -0.3 is 24.0 Å². The van der Waals surface area contributed by atoms with Crippen LogP contribution in [0.25, 0.3) is 0 Å². The van der Waals surface area contributed by atoms with Gasteiger partial charge in [0, 0.05) is 12.8 Å². The van der Waals surface area contributed by atoms with Gasteiger partial charge in [-0.3, -0.25) is 18.6 Å². The minimum atomic E-state index is -4.42. The van der Waals surface area contributed by atoms with Gasteiger partial charge in [0.15, 0.2) is 6.10 Å². The van der Waals surface area contributed by atoms with Crippen LogP contribution in [0.5, 0.6) is 0 Å². The van der Waals surface area contributed by atoms with Crippen LogP contribution in [-0.2, 0) is 32.7 Å². The van der Waals surface area contributed by atoms with Gasteiger partial charge in [-0.15, -0.1) is 0 Å². The molecule has 0 aromatic rings. The lowest BCUT2D eigenvalue weighted by atomic mass is 10.1. The van der Waals surface area contributed by atoms with Gasteiger partial charge in [-0.2, -0.15) is 0 Å². The van der Waals surface area contributed by atoms with Crippen molar-refractivity contribution in [3.8, 4) is 0 Å². The van der Waals surface area contributed by atoms with Crippen molar-refractivity contribution in [2.75, 3.05) is 47.5 Å². The number of carbonyl (C=O) groups excluding carboxylic acids is 2. The fourth-order valence-corrected chi connectivity index (χ4v) is 6.10. The number of nitrogens with zero attached hydrogens (tertiary/aromatic N) is 1. The molecule has 0 aliphatic rings. The first-order valence-corrected chi connectivity index (χ1v) is 23.3. The molecule has 0 fully saturated rings. The molecule has 0 saturated heterocycles. The lowest BCUT2D eigenvalue weighted by Gasteiger charge is -2.24. The summed E-state index contributed by atoms with van der Waals surface area (Å²) in [6.07, 6.45) is 42.6. The Balaban J connectivity index is 4.58. The van der Waals surface area contributed by atoms with Crippen LogP contribution in [0.15, 0.2) is 72.9 Å². The molecule has 0 aromatic carbocycles. The Morgan fingerprint density at radius 1 is 0.649 bits per heavy atom. The topological polar surface area (TPSA) is 129 Å². The molecular weight excluding hydrogens is 741 g/mol. The van der Waals surface area contributed by atoms with E-state index in [0.29, 0.717) is 36.7 Å². The van der Waals surface area contributed by atoms with E-state index in [-0.39, 0.29) is 26.1 Å². The van der Waals surface area contributed by atoms with Crippen LogP contribution >= 0.6 is 7.82 Å². The number of phosphoric ester groups is 1. The average Bonchev–Trinajstić information content (AvgIpc) is 3.15. The number of allylic oxidation sites excluding steroid dienone is 10. The quantitative estimate of drug-likeness (QED) is 0.0156. The van der Waals surface area contributed by atoms with E-state index >= 15 is 0 Å². The molecule has 0 saturated carbocycles. The predicted molar refractivity (Wildman–Crippen MR) is 235 cm³/mol. The smallest absolute Gasteiger partial charge is 0.462 e. The lowest BCUT2D eigenvalue weighted by Crippen LogP contribution is -2.37. The third-order valence-corrected chi connectivity index (χ3v) is 9.79. The maximum atomic E-state index is 12.7. The monoisotopic (exact) mass is 823 g/mol. The van der Waals surface area contributed by atoms with Crippen molar-refractivity contribution in [2.45, 2.75) is 161 Å². The molecule has 0 radical (unpaired) electrons. The largest absolute Gasteiger partial charge is 0.472 e. The summed E-state index contributed by atoms with van der Waals surface area (Å²) in [5, 5.41) is 10.2. The number of aliphatic hydroxyl groups is 1. The van der Waals surface area contributed by atoms with Crippen LogP contribution in [0.1, 0.15) is 149 Å². The average molecular weight is 823 g/mol. The summed E-state index contributed by atoms with van der Waals surface area (Å²) in [4.78, 5) is 35.3. The van der Waals surface area contributed by atoms with Crippen LogP contribution < -0.4 is 0 Å². The Kier molecular flexibility index (Phi) is 36.0. The van der Waals surface area contributed by atoms with Crippen LogP contribution in [0.3, 0.4) is 0 Å². The van der Waals surface area contributed by atoms with Crippen LogP contribution in [-0.4, -0.2) is 86.1 Å². The number of phosphoric acid groups is 1. The first-order chi connectivity index (χ1) is 27.4. The van der Waals surface area contributed by atoms with Crippen molar-refractivity contribution in [3.05, 3.63) is 72.9 Å². The van der Waals surface area contributed by atoms with E-state index in [2.05, 4.69) is 50.3 Å². The third-order valence-electron chi connectivity index (χ3n) is 8.80. The summed E-state index contributed by atoms with van der Waals surface area (Å²) in [6.45, 7) is 4.09. The maximum Gasteiger partial charge on any atom is 0.472 e. The second-order valence-electron chi connectivity index (χ2n) is 15.5. The summed E-state index contributed by atoms with van der Waals surface area (Å²) in [7, 11) is 1.37. The molecule has 10 nitrogen and oxygen atoms in total. The highest BCUT2D eigenvalue weighted by atomic mass is 31.2. The molecule has 0 heterocycles. The molecule has 2 N–H and O–H groups in total. The number of likely N-dealkylation sites (N-methyl/N-ethyl adjacent to an activating group) is 1. The fourth-order valence-electron chi connectivity index (χ4n) is 5.36. The number of esters is 2. The molecule has 0 aromatic heterocycles. The van der Waals surface area contributed by atoms with Crippen molar-refractivity contribution in [1.82, 2.24) is 0 Å². The normalized spacial score (nSPS) is 14.9. The predicted octanol–water partition coefficient (Wildman–Crippen LogP) is 11.2. The van der Waals surface area contributed by atoms with Gasteiger partial charge in [-0.1, -0.05) is 138 Å². The number of hydrogen-bond donors (Lipinski definition) is 2. The number of quaternary nitrogens is 1. The van der Waals surface area contributed by atoms with Gasteiger partial charge in [0.25, 0.3) is 0 Å². The molecule has 328 valence electrons. The number of aliphatic hydroxyl groups excluding tert-OH is 1. The van der Waals surface area contributed by atoms with E-state index in [4.69, 9.17) is 18.5 Å². The van der Waals surface area contributed by atoms with E-state index in [1.54, 1.807) is 6.08 Å². The van der Waals surface area contributed by atoms with E-state index in [9.17, 15) is 24.2 Å². The Morgan fingerprint density at radius 2 is 1.23 bits per heavy atom. The number of rotatable bonds is 38. The molecule has 3 unspecified atom stereocenters. The highest BCUT2D eigenvalue weighted by Crippen LogP contribution is 2.43. The third kappa shape index (κ3) is 41.4. The van der Waals surface area contributed by atoms with Crippen molar-refractivity contribution in [1.29, 1.82) is 0 Å². The molecular formula is C46H81NO9P+. The summed E-state index contributed by atoms with van der Waals surface area (Å²) >= 11 is 0. The zero-order chi connectivity index (χ0) is 42.3. The van der Waals surface area contributed by atoms with Gasteiger partial charge in [0.05, 0.1) is 33.9 Å². The van der Waals surface area contributed by atoms with Gasteiger partial charge >= 0.3 is 19.8 Å². The van der Waals surface area contributed by atoms with E-state index in [0.717, 1.165) is 51.4 Å². The van der Waals surface area contributed by atoms with Crippen molar-refractivity contribution in [3.63, 3.8) is 0 Å². The zero-order valence-electron chi connectivity index (χ0n) is 36.4. The molecule has 0 amide bonds. The van der Waals surface area contributed by atoms with E-state index < -0.39 is 38.6 Å². The fraction of sp³-hybridized carbons (Fsp3) is 0.696. The summed E-state index contributed by atoms with van der Waals surface area (Å²) < 4.78 is 34.1. The molecule has 0 aliphatic carbocycles. The highest BCUT2D eigenvalue weighted by Gasteiger charge is 2.27. The van der Waals surface area contributed by atoms with Crippen molar-refractivity contribution in [2.24, 2.45) is 0 Å². The molecule has 0 spiro atoms. The summed E-state index contributed by atoms with van der Waals surface area (Å²) in [6, 6.07) is 0. The summed E-state index contributed by atoms with van der Waals surface area (Å²) in [5.41, 5.74) is 0. The molecule has 0 aliphatic heterocycles. The molecule has 57 heavy (non-hydrogen) atoms. The highest BCUT2D eigenvalue weighted by molar-refractivity contribution is 7.47. The second-order valence-corrected chi connectivity index (χ2v) is 17.0. The minimum absolute atomic E-state index is 0.00000261. The Morgan fingerprint density at radius 3 is 1.89 bits per heavy atom. The van der Waals surface area contributed by atoms with Crippen molar-refractivity contribution < 1.29 is 47.2 Å². The Labute approximate surface area is 347 Å². The second kappa shape index (κ2) is 37.7. The SMILES string of the molecule is CC/C=C\C/C=C\C/C=C\C=C\C(O)C/C=C\CCCC(=O)OC(COC(=O)CCCCCCC/C=C\CCCCCCCC)COP(=O)(O)OCC[N+](C)(C)C. The molecule has 11 heteroatoms. The zero-order valence-corrected chi connectivity index (χ0v) is 37.3. The van der Waals surface area contributed by atoms with Crippen molar-refractivity contribution >= 4 is 19.8 Å². The van der Waals surface area contributed by atoms with Crippen LogP contribution in [0, 0.1) is 0 Å². The first-order valence-electron chi connectivity index (χ1n) is 21.8. The van der Waals surface area contributed by atoms with Gasteiger partial charge in [0.2, 0.25) is 0 Å². The number of unbranched alkanes of at least 4 members (excludes halogenated alkanes) is 12. The minimum Gasteiger partial charge on any atom is -0.462 e. The Bertz CT molecular complexity index is 1220. The number of hydrogen-bond acceptors (Lipinski definition) is 8. The first kappa shape index (κ1) is 54.4. The number of ether oxygens (including phenoxy) is 2. The molecule has 3 atom stereocenters. The maximum absolute atomic E-state index is 12.7. The van der Waals surface area contributed by atoms with E-state index in [1.165, 1.54) is 44.9 Å². The molecule has 0 rings (SSSR count). The van der Waals surface area contributed by atoms with Crippen LogP contribution in [0.4, 0.5) is 0 Å². The Hall–Kier alpha value is -2.59. The van der Waals surface area contributed by atoms with E-state index in [1.807, 2.05) is 51.5 Å². The lowest BCUT2D eigenvalue weighted by molar-refractivity contribution is -0.870. The van der Waals surface area contributed by atoms with Gasteiger partial charge in [-0.25, -0.2) is 4.57 Å². The molecule has 0 bridgehead atoms. The van der Waals surface area contributed by atoms with Gasteiger partial charge in [0.1, 0.15) is 19.8 Å². The van der Waals surface area contributed by atoms with Crippen LogP contribution in [0.2, 0.25) is 0 Å². The summed E-state index contributed by atoms with van der Waals surface area (Å²) in [5.74, 6) is -0.951. The van der Waals surface area contributed by atoms with Gasteiger partial charge in [-0.05, 0) is 70.6 Å². The standard InChI is InChI=1S/C46H80NO9P/c1-6-8-10-12-14-16-18-19-20-21-22-24-26-28-33-37-45(49)53-41-44(42-55-57(51,52)54-40-39-47(3,4)5)56-46(50)38-34-30-29-32-36-43(48)35-31-27-25-23-17-15-13-11-9-7-2/h9,11,15,17,19-20,25,27,29,31-32,35,43-44,48H,6-8,10,12-14,16,18,21-24,26,28,30,33-34,36-42H2,1-5H3/p+1/b11-9-,17-15-,20-19-,27-25-,32-29-,35-31+.